The van der Waals surface area contributed by atoms with Gasteiger partial charge in [0.1, 0.15) is 117 Å². The molecule has 4 unspecified atom stereocenters. The number of ether oxygens (including phenoxy) is 1. The van der Waals surface area contributed by atoms with E-state index in [1.807, 2.05) is 13.8 Å². The number of phenols is 3. The maximum atomic E-state index is 13.1. The summed E-state index contributed by atoms with van der Waals surface area (Å²) < 4.78 is 14.8. The average Bonchev–Trinajstić information content (AvgIpc) is 4.02. The van der Waals surface area contributed by atoms with Crippen LogP contribution in [0.5, 0.6) is 17.2 Å². The molecule has 24 radical (unpaired) electrons. The number of benzene rings is 4. The van der Waals surface area contributed by atoms with Crippen LogP contribution in [-0.4, -0.2) is 124 Å². The summed E-state index contributed by atoms with van der Waals surface area (Å²) in [4.78, 5) is 14.3. The van der Waals surface area contributed by atoms with Crippen LogP contribution >= 0.6 is 0 Å². The van der Waals surface area contributed by atoms with Crippen molar-refractivity contribution in [2.24, 2.45) is 41.4 Å². The lowest BCUT2D eigenvalue weighted by atomic mass is 9.47. The van der Waals surface area contributed by atoms with Crippen molar-refractivity contribution in [3.05, 3.63) is 11.1 Å². The summed E-state index contributed by atoms with van der Waals surface area (Å²) in [5.41, 5.74) is -1.34. The highest BCUT2D eigenvalue weighted by molar-refractivity contribution is 6.69. The number of aromatic hydroxyl groups is 3. The molecule has 6 bridgehead atoms. The summed E-state index contributed by atoms with van der Waals surface area (Å²) in [5, 5.41) is 35.2. The van der Waals surface area contributed by atoms with Crippen LogP contribution in [0.15, 0.2) is 4.42 Å². The third-order valence-corrected chi connectivity index (χ3v) is 17.1. The second-order valence-corrected chi connectivity index (χ2v) is 20.2. The van der Waals surface area contributed by atoms with Gasteiger partial charge in [0.2, 0.25) is 0 Å². The first-order valence-corrected chi connectivity index (χ1v) is 23.6. The molecule has 6 aliphatic carbocycles. The van der Waals surface area contributed by atoms with Gasteiger partial charge in [-0.1, -0.05) is 65.4 Å². The van der Waals surface area contributed by atoms with Crippen LogP contribution < -0.4 is 65.6 Å². The monoisotopic (exact) mass is 867 g/mol. The summed E-state index contributed by atoms with van der Waals surface area (Å²) in [6.07, 6.45) is 9.45. The van der Waals surface area contributed by atoms with E-state index in [1.165, 1.54) is 6.42 Å². The Balaban J connectivity index is 0.00000250. The molecule has 1 aliphatic heterocycles. The number of fused-ring (bicyclic) bond motifs is 8. The number of furan rings is 1. The van der Waals surface area contributed by atoms with Crippen LogP contribution in [0.4, 0.5) is 0 Å². The highest BCUT2D eigenvalue weighted by atomic mass is 16.5. The van der Waals surface area contributed by atoms with E-state index < -0.39 is 33.6 Å². The smallest absolute Gasteiger partial charge is 0.176 e. The predicted molar refractivity (Wildman–Crippen MR) is 281 cm³/mol. The fraction of sp³-hybridized carbons (Fsp3) is 0.438. The standard InChI is InChI=1S/C46H31B12N3O5.C2H6/c1-11-4-12-2-3-15(6-12)45(11)24-23(46(66-45)16-7-13-5-14(9-16)10-17(46)8-13)25(47)18-19-26(48)32(54)30(52)22(40(19)65-41(18)37(24)62)44-60-42(20-27(49)33(55)35(57)34(56)28(20)50)59-43(61-44)21-29(51)36(58)39(64)38(63)31(21)53;1-2/h11-17,62-64H,2-10H2,1H3;1-2H3. The van der Waals surface area contributed by atoms with E-state index >= 15 is 0 Å². The molecule has 4 aromatic carbocycles. The highest BCUT2D eigenvalue weighted by Crippen LogP contribution is 2.73. The van der Waals surface area contributed by atoms with Crippen LogP contribution in [0, 0.1) is 41.4 Å². The molecule has 310 valence electrons. The third-order valence-electron chi connectivity index (χ3n) is 17.1. The van der Waals surface area contributed by atoms with Crippen molar-refractivity contribution in [2.75, 3.05) is 0 Å². The van der Waals surface area contributed by atoms with Crippen molar-refractivity contribution >= 4 is 182 Å². The van der Waals surface area contributed by atoms with Gasteiger partial charge in [0.15, 0.2) is 28.8 Å². The van der Waals surface area contributed by atoms with Crippen molar-refractivity contribution < 1.29 is 24.5 Å². The van der Waals surface area contributed by atoms with Crippen molar-refractivity contribution in [3.8, 4) is 51.4 Å². The van der Waals surface area contributed by atoms with Gasteiger partial charge < -0.3 is 24.5 Å². The normalized spacial score (nSPS) is 28.5. The molecule has 6 aromatic rings. The lowest BCUT2D eigenvalue weighted by Gasteiger charge is -2.61. The number of rotatable bonds is 3. The predicted octanol–water partition coefficient (Wildman–Crippen LogP) is -3.23. The molecule has 6 saturated carbocycles. The first-order chi connectivity index (χ1) is 32.3. The van der Waals surface area contributed by atoms with Crippen molar-refractivity contribution in [1.29, 1.82) is 0 Å². The van der Waals surface area contributed by atoms with Crippen LogP contribution in [0.1, 0.15) is 89.7 Å². The molecule has 20 heteroatoms. The second-order valence-electron chi connectivity index (χ2n) is 20.2. The summed E-state index contributed by atoms with van der Waals surface area (Å²) in [7, 11) is 79.4. The molecule has 3 N–H and O–H groups in total. The number of aromatic nitrogens is 3. The Morgan fingerprint density at radius 1 is 0.426 bits per heavy atom. The van der Waals surface area contributed by atoms with Crippen LogP contribution in [0.25, 0.3) is 56.1 Å². The Morgan fingerprint density at radius 2 is 0.882 bits per heavy atom. The van der Waals surface area contributed by atoms with Gasteiger partial charge in [0.05, 0.1) is 11.2 Å². The zero-order chi connectivity index (χ0) is 48.5. The molecular weight excluding hydrogens is 828 g/mol. The minimum absolute atomic E-state index is 0.0124. The molecule has 0 saturated heterocycles. The Labute approximate surface area is 412 Å². The topological polar surface area (TPSA) is 122 Å². The molecule has 4 atom stereocenters. The van der Waals surface area contributed by atoms with Crippen LogP contribution in [-0.2, 0) is 15.9 Å². The molecule has 13 rings (SSSR count). The first-order valence-electron chi connectivity index (χ1n) is 23.6. The van der Waals surface area contributed by atoms with E-state index in [4.69, 9.17) is 113 Å². The number of hydrogen-bond donors (Lipinski definition) is 3. The Bertz CT molecular complexity index is 3060. The van der Waals surface area contributed by atoms with Gasteiger partial charge >= 0.3 is 0 Å². The maximum absolute atomic E-state index is 13.1. The van der Waals surface area contributed by atoms with E-state index in [2.05, 4.69) is 11.9 Å². The van der Waals surface area contributed by atoms with E-state index in [0.29, 0.717) is 28.6 Å². The number of hydrogen-bond acceptors (Lipinski definition) is 8. The third kappa shape index (κ3) is 5.79. The molecule has 3 heterocycles. The molecule has 68 heavy (non-hydrogen) atoms. The summed E-state index contributed by atoms with van der Waals surface area (Å²) >= 11 is 0. The van der Waals surface area contributed by atoms with Gasteiger partial charge in [0.25, 0.3) is 0 Å². The quantitative estimate of drug-likeness (QED) is 0.126. The van der Waals surface area contributed by atoms with Gasteiger partial charge in [-0.25, -0.2) is 15.0 Å². The summed E-state index contributed by atoms with van der Waals surface area (Å²) in [6.45, 7) is 6.26. The maximum Gasteiger partial charge on any atom is 0.176 e. The highest BCUT2D eigenvalue weighted by Gasteiger charge is 2.70. The zero-order valence-electron chi connectivity index (χ0n) is 38.3. The van der Waals surface area contributed by atoms with Gasteiger partial charge in [-0.2, -0.15) is 0 Å². The van der Waals surface area contributed by atoms with Crippen molar-refractivity contribution in [3.63, 3.8) is 0 Å². The number of phenolic OH excluding ortho intramolecular Hbond substituents is 3. The largest absolute Gasteiger partial charge is 0.505 e. The first kappa shape index (κ1) is 46.2. The Kier molecular flexibility index (Phi) is 10.6. The van der Waals surface area contributed by atoms with Gasteiger partial charge in [-0.05, 0) is 104 Å². The minimum atomic E-state index is -0.798. The average molecular weight is 866 g/mol. The van der Waals surface area contributed by atoms with Gasteiger partial charge in [-0.15, -0.1) is 21.9 Å². The van der Waals surface area contributed by atoms with E-state index in [1.54, 1.807) is 0 Å². The summed E-state index contributed by atoms with van der Waals surface area (Å²) in [6, 6.07) is 0. The molecule has 2 spiro atoms. The molecule has 2 aromatic heterocycles. The van der Waals surface area contributed by atoms with Crippen molar-refractivity contribution in [1.82, 2.24) is 15.0 Å². The lowest BCUT2D eigenvalue weighted by Crippen LogP contribution is -2.58. The molecule has 8 nitrogen and oxygen atoms in total. The molecular formula is C48H37B12N3O5. The fourth-order valence-corrected chi connectivity index (χ4v) is 14.4. The zero-order valence-corrected chi connectivity index (χ0v) is 38.3. The Hall–Kier alpha value is -4.17. The van der Waals surface area contributed by atoms with Crippen molar-refractivity contribution in [2.45, 2.75) is 89.8 Å². The van der Waals surface area contributed by atoms with Crippen LogP contribution in [0.3, 0.4) is 0 Å². The lowest BCUT2D eigenvalue weighted by molar-refractivity contribution is -0.281. The van der Waals surface area contributed by atoms with E-state index in [-0.39, 0.29) is 129 Å². The second kappa shape index (κ2) is 15.7. The number of nitrogens with zero attached hydrogens (tertiary/aromatic N) is 3. The summed E-state index contributed by atoms with van der Waals surface area (Å²) in [5.74, 6) is 0.237. The van der Waals surface area contributed by atoms with Gasteiger partial charge in [0, 0.05) is 27.5 Å². The van der Waals surface area contributed by atoms with Gasteiger partial charge in [-0.3, -0.25) is 0 Å². The Morgan fingerprint density at radius 3 is 1.47 bits per heavy atom. The van der Waals surface area contributed by atoms with E-state index in [0.717, 1.165) is 62.5 Å². The molecule has 7 aliphatic rings. The fourth-order valence-electron chi connectivity index (χ4n) is 14.4. The van der Waals surface area contributed by atoms with Crippen LogP contribution in [0.2, 0.25) is 0 Å². The SMILES string of the molecule is CC.[B]c1c([B])c([B])c(-c2nc(-c3c([B])c([B])c(O)c(O)c3[B])nc(-c3c([B])c([B])c([B])c4c3oc3c(O)c5c(c([B])c34)C3(OC54C(C)CC5CCC4C5)C4CC5CC(C4)CC3C5)n2)c([B])c1[B]. The molecule has 0 amide bonds. The minimum Gasteiger partial charge on any atom is -0.505 e. The molecule has 6 fully saturated rings. The van der Waals surface area contributed by atoms with E-state index in [9.17, 15) is 15.3 Å².